The van der Waals surface area contributed by atoms with Crippen LogP contribution in [-0.2, 0) is 12.8 Å². The largest absolute Gasteiger partial charge is 0.345 e. The van der Waals surface area contributed by atoms with Crippen molar-refractivity contribution in [3.63, 3.8) is 0 Å². The molecule has 0 radical (unpaired) electrons. The molecule has 0 saturated carbocycles. The van der Waals surface area contributed by atoms with E-state index in [4.69, 9.17) is 4.98 Å². The van der Waals surface area contributed by atoms with Gasteiger partial charge in [0.25, 0.3) is 0 Å². The number of aromatic amines is 1. The Hall–Kier alpha value is -0.790. The third-order valence-corrected chi connectivity index (χ3v) is 3.52. The van der Waals surface area contributed by atoms with Crippen molar-refractivity contribution in [3.8, 4) is 0 Å². The van der Waals surface area contributed by atoms with Gasteiger partial charge >= 0.3 is 0 Å². The number of hydrogen-bond donors (Lipinski definition) is 1. The van der Waals surface area contributed by atoms with Crippen LogP contribution in [0.15, 0.2) is 0 Å². The predicted molar refractivity (Wildman–Crippen MR) is 67.8 cm³/mol. The van der Waals surface area contributed by atoms with Crippen molar-refractivity contribution in [1.82, 2.24) is 9.97 Å². The lowest BCUT2D eigenvalue weighted by atomic mass is 10.0. The average Bonchev–Trinajstić information content (AvgIpc) is 2.67. The van der Waals surface area contributed by atoms with Gasteiger partial charge in [-0.2, -0.15) is 0 Å². The summed E-state index contributed by atoms with van der Waals surface area (Å²) in [7, 11) is 0. The average molecular weight is 220 g/mol. The molecule has 1 heterocycles. The summed E-state index contributed by atoms with van der Waals surface area (Å²) in [6.45, 7) is 4.43. The van der Waals surface area contributed by atoms with Crippen LogP contribution < -0.4 is 0 Å². The van der Waals surface area contributed by atoms with Crippen LogP contribution in [0.2, 0.25) is 0 Å². The van der Waals surface area contributed by atoms with Crippen LogP contribution >= 0.6 is 0 Å². The molecule has 2 rings (SSSR count). The van der Waals surface area contributed by atoms with Gasteiger partial charge in [-0.25, -0.2) is 4.98 Å². The zero-order chi connectivity index (χ0) is 11.4. The highest BCUT2D eigenvalue weighted by Crippen LogP contribution is 2.20. The molecule has 2 heteroatoms. The Labute approximate surface area is 98.9 Å². The standard InChI is InChI=1S/C14H24N2/c1-11(2)14-15-12-9-7-5-3-4-6-8-10-13(12)16-14/h11H,3-10H2,1-2H3,(H,15,16). The lowest BCUT2D eigenvalue weighted by molar-refractivity contribution is 0.576. The molecular weight excluding hydrogens is 196 g/mol. The Bertz CT molecular complexity index is 298. The van der Waals surface area contributed by atoms with E-state index in [1.165, 1.54) is 68.6 Å². The molecule has 0 aliphatic heterocycles. The van der Waals surface area contributed by atoms with Crippen LogP contribution in [0.1, 0.15) is 75.5 Å². The lowest BCUT2D eigenvalue weighted by Gasteiger charge is -2.06. The Kier molecular flexibility index (Phi) is 4.03. The molecule has 2 nitrogen and oxygen atoms in total. The molecule has 0 bridgehead atoms. The highest BCUT2D eigenvalue weighted by molar-refractivity contribution is 5.17. The van der Waals surface area contributed by atoms with E-state index in [9.17, 15) is 0 Å². The molecule has 1 aliphatic rings. The molecule has 1 N–H and O–H groups in total. The maximum Gasteiger partial charge on any atom is 0.109 e. The minimum atomic E-state index is 0.526. The van der Waals surface area contributed by atoms with Crippen LogP contribution in [-0.4, -0.2) is 9.97 Å². The van der Waals surface area contributed by atoms with Crippen LogP contribution in [0.25, 0.3) is 0 Å². The lowest BCUT2D eigenvalue weighted by Crippen LogP contribution is -1.97. The van der Waals surface area contributed by atoms with Crippen LogP contribution in [0, 0.1) is 0 Å². The number of nitrogens with one attached hydrogen (secondary N) is 1. The van der Waals surface area contributed by atoms with Crippen LogP contribution in [0.4, 0.5) is 0 Å². The highest BCUT2D eigenvalue weighted by Gasteiger charge is 2.12. The molecule has 1 aromatic rings. The second-order valence-corrected chi connectivity index (χ2v) is 5.32. The van der Waals surface area contributed by atoms with Gasteiger partial charge in [0.05, 0.1) is 5.69 Å². The fraction of sp³-hybridized carbons (Fsp3) is 0.786. The SMILES string of the molecule is CC(C)c1nc2c([nH]1)CCCCCCCC2. The van der Waals surface area contributed by atoms with E-state index in [1.54, 1.807) is 0 Å². The minimum absolute atomic E-state index is 0.526. The van der Waals surface area contributed by atoms with E-state index in [-0.39, 0.29) is 0 Å². The Morgan fingerprint density at radius 3 is 2.25 bits per heavy atom. The van der Waals surface area contributed by atoms with Crippen molar-refractivity contribution in [3.05, 3.63) is 17.2 Å². The molecule has 16 heavy (non-hydrogen) atoms. The molecule has 0 aromatic carbocycles. The molecule has 0 unspecified atom stereocenters. The van der Waals surface area contributed by atoms with Gasteiger partial charge in [-0.15, -0.1) is 0 Å². The fourth-order valence-corrected chi connectivity index (χ4v) is 2.46. The number of H-pyrrole nitrogens is 1. The summed E-state index contributed by atoms with van der Waals surface area (Å²) in [5, 5.41) is 0. The molecule has 0 spiro atoms. The summed E-state index contributed by atoms with van der Waals surface area (Å²) in [5.74, 6) is 1.71. The maximum absolute atomic E-state index is 4.77. The number of hydrogen-bond acceptors (Lipinski definition) is 1. The zero-order valence-electron chi connectivity index (χ0n) is 10.7. The maximum atomic E-state index is 4.77. The van der Waals surface area contributed by atoms with Gasteiger partial charge < -0.3 is 4.98 Å². The van der Waals surface area contributed by atoms with E-state index in [0.717, 1.165) is 0 Å². The number of nitrogens with zero attached hydrogens (tertiary/aromatic N) is 1. The van der Waals surface area contributed by atoms with Crippen LogP contribution in [0.5, 0.6) is 0 Å². The van der Waals surface area contributed by atoms with E-state index in [1.807, 2.05) is 0 Å². The van der Waals surface area contributed by atoms with Gasteiger partial charge in [-0.1, -0.05) is 39.5 Å². The Morgan fingerprint density at radius 1 is 0.938 bits per heavy atom. The van der Waals surface area contributed by atoms with Crippen molar-refractivity contribution < 1.29 is 0 Å². The van der Waals surface area contributed by atoms with Gasteiger partial charge in [0.1, 0.15) is 5.82 Å². The first-order valence-electron chi connectivity index (χ1n) is 6.85. The molecular formula is C14H24N2. The van der Waals surface area contributed by atoms with E-state index >= 15 is 0 Å². The smallest absolute Gasteiger partial charge is 0.109 e. The highest BCUT2D eigenvalue weighted by atomic mass is 14.9. The van der Waals surface area contributed by atoms with Crippen molar-refractivity contribution in [1.29, 1.82) is 0 Å². The number of aromatic nitrogens is 2. The van der Waals surface area contributed by atoms with Gasteiger partial charge in [0.15, 0.2) is 0 Å². The molecule has 0 amide bonds. The van der Waals surface area contributed by atoms with Gasteiger partial charge in [0.2, 0.25) is 0 Å². The molecule has 1 aromatic heterocycles. The quantitative estimate of drug-likeness (QED) is 0.762. The number of rotatable bonds is 1. The minimum Gasteiger partial charge on any atom is -0.345 e. The van der Waals surface area contributed by atoms with Crippen molar-refractivity contribution in [2.24, 2.45) is 0 Å². The molecule has 1 aliphatic carbocycles. The molecule has 0 saturated heterocycles. The van der Waals surface area contributed by atoms with E-state index in [0.29, 0.717) is 5.92 Å². The second-order valence-electron chi connectivity index (χ2n) is 5.32. The van der Waals surface area contributed by atoms with Crippen molar-refractivity contribution in [2.75, 3.05) is 0 Å². The monoisotopic (exact) mass is 220 g/mol. The van der Waals surface area contributed by atoms with Gasteiger partial charge in [-0.3, -0.25) is 0 Å². The molecule has 0 atom stereocenters. The van der Waals surface area contributed by atoms with Crippen molar-refractivity contribution in [2.45, 2.75) is 71.1 Å². The normalized spacial score (nSPS) is 18.4. The van der Waals surface area contributed by atoms with Gasteiger partial charge in [0, 0.05) is 11.6 Å². The Balaban J connectivity index is 2.13. The topological polar surface area (TPSA) is 28.7 Å². The summed E-state index contributed by atoms with van der Waals surface area (Å²) < 4.78 is 0. The Morgan fingerprint density at radius 2 is 1.56 bits per heavy atom. The summed E-state index contributed by atoms with van der Waals surface area (Å²) in [5.41, 5.74) is 2.77. The summed E-state index contributed by atoms with van der Waals surface area (Å²) >= 11 is 0. The summed E-state index contributed by atoms with van der Waals surface area (Å²) in [6, 6.07) is 0. The second kappa shape index (κ2) is 5.51. The molecule has 0 fully saturated rings. The fourth-order valence-electron chi connectivity index (χ4n) is 2.46. The third-order valence-electron chi connectivity index (χ3n) is 3.52. The number of fused-ring (bicyclic) bond motifs is 1. The van der Waals surface area contributed by atoms with E-state index < -0.39 is 0 Å². The van der Waals surface area contributed by atoms with Crippen molar-refractivity contribution >= 4 is 0 Å². The number of aryl methyl sites for hydroxylation is 2. The zero-order valence-corrected chi connectivity index (χ0v) is 10.7. The number of imidazole rings is 1. The first-order valence-corrected chi connectivity index (χ1v) is 6.85. The molecule has 90 valence electrons. The summed E-state index contributed by atoms with van der Waals surface area (Å²) in [4.78, 5) is 8.31. The first-order chi connectivity index (χ1) is 7.77. The van der Waals surface area contributed by atoms with Crippen LogP contribution in [0.3, 0.4) is 0 Å². The third kappa shape index (κ3) is 2.87. The first kappa shape index (κ1) is 11.7. The summed E-state index contributed by atoms with van der Waals surface area (Å²) in [6.07, 6.45) is 10.6. The predicted octanol–water partition coefficient (Wildman–Crippen LogP) is 3.97. The van der Waals surface area contributed by atoms with Gasteiger partial charge in [-0.05, 0) is 25.7 Å². The van der Waals surface area contributed by atoms with E-state index in [2.05, 4.69) is 18.8 Å².